The molecule has 0 bridgehead atoms. The summed E-state index contributed by atoms with van der Waals surface area (Å²) in [6, 6.07) is 10.5. The second kappa shape index (κ2) is 6.63. The Balaban J connectivity index is 2.14. The van der Waals surface area contributed by atoms with Crippen molar-refractivity contribution in [3.8, 4) is 0 Å². The first kappa shape index (κ1) is 15.4. The van der Waals surface area contributed by atoms with Gasteiger partial charge in [0.15, 0.2) is 6.29 Å². The number of rotatable bonds is 4. The van der Waals surface area contributed by atoms with Crippen LogP contribution >= 0.6 is 15.9 Å². The van der Waals surface area contributed by atoms with Crippen molar-refractivity contribution in [2.24, 2.45) is 0 Å². The minimum Gasteiger partial charge on any atom is -0.346 e. The summed E-state index contributed by atoms with van der Waals surface area (Å²) in [6.45, 7) is 1.81. The number of carbonyl (C=O) groups excluding carboxylic acids is 2. The molecule has 0 spiro atoms. The van der Waals surface area contributed by atoms with Crippen LogP contribution in [0.1, 0.15) is 39.2 Å². The van der Waals surface area contributed by atoms with Gasteiger partial charge in [0, 0.05) is 15.6 Å². The average Bonchev–Trinajstić information content (AvgIpc) is 2.48. The normalized spacial score (nSPS) is 11.8. The van der Waals surface area contributed by atoms with E-state index in [2.05, 4.69) is 21.2 Å². The summed E-state index contributed by atoms with van der Waals surface area (Å²) in [7, 11) is 0. The fourth-order valence-corrected chi connectivity index (χ4v) is 2.23. The molecule has 0 radical (unpaired) electrons. The lowest BCUT2D eigenvalue weighted by molar-refractivity contribution is 0.0940. The van der Waals surface area contributed by atoms with Crippen molar-refractivity contribution in [1.29, 1.82) is 0 Å². The fourth-order valence-electron chi connectivity index (χ4n) is 1.89. The van der Waals surface area contributed by atoms with Crippen molar-refractivity contribution in [2.75, 3.05) is 0 Å². The second-order valence-corrected chi connectivity index (χ2v) is 5.46. The highest BCUT2D eigenvalue weighted by atomic mass is 79.9. The van der Waals surface area contributed by atoms with Crippen LogP contribution in [0.3, 0.4) is 0 Å². The summed E-state index contributed by atoms with van der Waals surface area (Å²) < 4.78 is 13.5. The van der Waals surface area contributed by atoms with E-state index in [1.54, 1.807) is 24.3 Å². The van der Waals surface area contributed by atoms with E-state index in [1.807, 2.05) is 6.92 Å². The highest BCUT2D eigenvalue weighted by molar-refractivity contribution is 9.10. The molecule has 1 amide bonds. The number of hydrogen-bond donors (Lipinski definition) is 1. The van der Waals surface area contributed by atoms with Gasteiger partial charge >= 0.3 is 0 Å². The summed E-state index contributed by atoms with van der Waals surface area (Å²) in [5, 5.41) is 2.81. The molecule has 1 atom stereocenters. The SMILES string of the molecule is CC(NC(=O)c1ccc(Br)c(C=O)c1)c1ccc(F)cc1. The Morgan fingerprint density at radius 1 is 1.24 bits per heavy atom. The lowest BCUT2D eigenvalue weighted by Crippen LogP contribution is -2.26. The van der Waals surface area contributed by atoms with Crippen molar-refractivity contribution in [3.63, 3.8) is 0 Å². The Kier molecular flexibility index (Phi) is 4.85. The van der Waals surface area contributed by atoms with Gasteiger partial charge in [-0.2, -0.15) is 0 Å². The molecule has 1 N–H and O–H groups in total. The first-order valence-electron chi connectivity index (χ1n) is 6.32. The molecule has 0 fully saturated rings. The molecule has 1 unspecified atom stereocenters. The maximum Gasteiger partial charge on any atom is 0.251 e. The van der Waals surface area contributed by atoms with Crippen LogP contribution in [0.2, 0.25) is 0 Å². The second-order valence-electron chi connectivity index (χ2n) is 4.60. The van der Waals surface area contributed by atoms with E-state index in [1.165, 1.54) is 18.2 Å². The number of halogens is 2. The summed E-state index contributed by atoms with van der Waals surface area (Å²) in [5.41, 5.74) is 1.61. The van der Waals surface area contributed by atoms with Crippen LogP contribution in [0, 0.1) is 5.82 Å². The predicted octanol–water partition coefficient (Wildman–Crippen LogP) is 3.89. The van der Waals surface area contributed by atoms with Gasteiger partial charge < -0.3 is 5.32 Å². The molecule has 0 aliphatic rings. The van der Waals surface area contributed by atoms with E-state index in [0.29, 0.717) is 21.9 Å². The van der Waals surface area contributed by atoms with Crippen LogP contribution in [0.25, 0.3) is 0 Å². The molecule has 3 nitrogen and oxygen atoms in total. The van der Waals surface area contributed by atoms with E-state index in [-0.39, 0.29) is 17.8 Å². The smallest absolute Gasteiger partial charge is 0.251 e. The Hall–Kier alpha value is -2.01. The number of benzene rings is 2. The third kappa shape index (κ3) is 3.76. The van der Waals surface area contributed by atoms with E-state index in [0.717, 1.165) is 5.56 Å². The molecule has 2 rings (SSSR count). The van der Waals surface area contributed by atoms with Crippen molar-refractivity contribution >= 4 is 28.1 Å². The molecule has 0 aliphatic carbocycles. The lowest BCUT2D eigenvalue weighted by Gasteiger charge is -2.14. The molecule has 21 heavy (non-hydrogen) atoms. The van der Waals surface area contributed by atoms with Crippen LogP contribution in [-0.4, -0.2) is 12.2 Å². The van der Waals surface area contributed by atoms with Crippen molar-refractivity contribution in [1.82, 2.24) is 5.32 Å². The number of amides is 1. The molecular formula is C16H13BrFNO2. The Morgan fingerprint density at radius 3 is 2.52 bits per heavy atom. The van der Waals surface area contributed by atoms with Gasteiger partial charge in [-0.3, -0.25) is 9.59 Å². The minimum absolute atomic E-state index is 0.263. The maximum atomic E-state index is 12.9. The number of nitrogens with one attached hydrogen (secondary N) is 1. The van der Waals surface area contributed by atoms with Gasteiger partial charge in [0.25, 0.3) is 5.91 Å². The van der Waals surface area contributed by atoms with Crippen molar-refractivity contribution < 1.29 is 14.0 Å². The zero-order chi connectivity index (χ0) is 15.4. The van der Waals surface area contributed by atoms with Gasteiger partial charge in [-0.15, -0.1) is 0 Å². The van der Waals surface area contributed by atoms with Gasteiger partial charge in [0.05, 0.1) is 6.04 Å². The first-order valence-corrected chi connectivity index (χ1v) is 7.11. The van der Waals surface area contributed by atoms with E-state index in [4.69, 9.17) is 0 Å². The molecule has 0 saturated carbocycles. The molecule has 0 aliphatic heterocycles. The van der Waals surface area contributed by atoms with Crippen LogP contribution in [0.4, 0.5) is 4.39 Å². The maximum absolute atomic E-state index is 12.9. The Labute approximate surface area is 130 Å². The van der Waals surface area contributed by atoms with Crippen LogP contribution in [0.5, 0.6) is 0 Å². The van der Waals surface area contributed by atoms with Crippen LogP contribution in [0.15, 0.2) is 46.9 Å². The minimum atomic E-state index is -0.319. The lowest BCUT2D eigenvalue weighted by atomic mass is 10.1. The van der Waals surface area contributed by atoms with Crippen molar-refractivity contribution in [2.45, 2.75) is 13.0 Å². The van der Waals surface area contributed by atoms with Crippen molar-refractivity contribution in [3.05, 3.63) is 69.4 Å². The molecule has 5 heteroatoms. The largest absolute Gasteiger partial charge is 0.346 e. The molecule has 0 aromatic heterocycles. The average molecular weight is 350 g/mol. The summed E-state index contributed by atoms with van der Waals surface area (Å²) in [4.78, 5) is 23.0. The molecular weight excluding hydrogens is 337 g/mol. The molecule has 2 aromatic rings. The van der Waals surface area contributed by atoms with Gasteiger partial charge in [0.1, 0.15) is 5.82 Å². The molecule has 108 valence electrons. The zero-order valence-corrected chi connectivity index (χ0v) is 12.9. The monoisotopic (exact) mass is 349 g/mol. The zero-order valence-electron chi connectivity index (χ0n) is 11.3. The van der Waals surface area contributed by atoms with Crippen LogP contribution in [-0.2, 0) is 0 Å². The summed E-state index contributed by atoms with van der Waals surface area (Å²) in [6.07, 6.45) is 0.685. The highest BCUT2D eigenvalue weighted by Crippen LogP contribution is 2.18. The molecule has 0 saturated heterocycles. The van der Waals surface area contributed by atoms with E-state index < -0.39 is 0 Å². The fraction of sp³-hybridized carbons (Fsp3) is 0.125. The first-order chi connectivity index (χ1) is 10.0. The summed E-state index contributed by atoms with van der Waals surface area (Å²) >= 11 is 3.24. The van der Waals surface area contributed by atoms with Gasteiger partial charge in [-0.25, -0.2) is 4.39 Å². The Bertz CT molecular complexity index is 670. The summed E-state index contributed by atoms with van der Waals surface area (Å²) in [5.74, 6) is -0.608. The quantitative estimate of drug-likeness (QED) is 0.851. The number of aldehydes is 1. The molecule has 2 aromatic carbocycles. The predicted molar refractivity (Wildman–Crippen MR) is 81.8 cm³/mol. The van der Waals surface area contributed by atoms with Gasteiger partial charge in [-0.05, 0) is 42.8 Å². The van der Waals surface area contributed by atoms with E-state index in [9.17, 15) is 14.0 Å². The number of hydrogen-bond acceptors (Lipinski definition) is 2. The third-order valence-corrected chi connectivity index (χ3v) is 3.82. The van der Waals surface area contributed by atoms with Crippen LogP contribution < -0.4 is 5.32 Å². The topological polar surface area (TPSA) is 46.2 Å². The van der Waals surface area contributed by atoms with Gasteiger partial charge in [-0.1, -0.05) is 28.1 Å². The molecule has 0 heterocycles. The highest BCUT2D eigenvalue weighted by Gasteiger charge is 2.13. The standard InChI is InChI=1S/C16H13BrFNO2/c1-10(11-2-5-14(18)6-3-11)19-16(21)12-4-7-15(17)13(8-12)9-20/h2-10H,1H3,(H,19,21). The third-order valence-electron chi connectivity index (χ3n) is 3.10. The van der Waals surface area contributed by atoms with E-state index >= 15 is 0 Å². The number of carbonyl (C=O) groups is 2. The van der Waals surface area contributed by atoms with Gasteiger partial charge in [0.2, 0.25) is 0 Å². The Morgan fingerprint density at radius 2 is 1.90 bits per heavy atom.